The number of imide groups is 1. The zero-order valence-electron chi connectivity index (χ0n) is 11.8. The zero-order chi connectivity index (χ0) is 15.1. The van der Waals surface area contributed by atoms with E-state index in [1.165, 1.54) is 0 Å². The molecule has 3 N–H and O–H groups in total. The highest BCUT2D eigenvalue weighted by Gasteiger charge is 2.26. The molecule has 0 radical (unpaired) electrons. The maximum atomic E-state index is 11.6. The van der Waals surface area contributed by atoms with Gasteiger partial charge in [0.25, 0.3) is 0 Å². The Bertz CT molecular complexity index is 372. The van der Waals surface area contributed by atoms with Crippen LogP contribution in [0.25, 0.3) is 0 Å². The number of hydrogen-bond donors (Lipinski definition) is 3. The fourth-order valence-corrected chi connectivity index (χ4v) is 2.37. The molecule has 7 nitrogen and oxygen atoms in total. The number of carboxylic acids is 1. The summed E-state index contributed by atoms with van der Waals surface area (Å²) in [5.41, 5.74) is 0. The molecule has 1 rings (SSSR count). The van der Waals surface area contributed by atoms with E-state index in [2.05, 4.69) is 10.6 Å². The van der Waals surface area contributed by atoms with Crippen LogP contribution in [-0.4, -0.2) is 42.3 Å². The third-order valence-electron chi connectivity index (χ3n) is 3.36. The van der Waals surface area contributed by atoms with Gasteiger partial charge in [-0.05, 0) is 25.2 Å². The molecule has 1 aliphatic rings. The molecule has 20 heavy (non-hydrogen) atoms. The summed E-state index contributed by atoms with van der Waals surface area (Å²) in [5.74, 6) is -1.71. The number of ether oxygens (including phenoxy) is 1. The summed E-state index contributed by atoms with van der Waals surface area (Å²) in [6.45, 7) is 1.66. The number of methoxy groups -OCH3 is 1. The number of amides is 3. The second-order valence-electron chi connectivity index (χ2n) is 5.30. The van der Waals surface area contributed by atoms with E-state index in [1.54, 1.807) is 14.0 Å². The van der Waals surface area contributed by atoms with E-state index in [0.717, 1.165) is 19.3 Å². The first-order valence-corrected chi connectivity index (χ1v) is 6.75. The molecule has 0 aromatic carbocycles. The molecule has 1 fully saturated rings. The van der Waals surface area contributed by atoms with E-state index in [9.17, 15) is 14.4 Å². The maximum absolute atomic E-state index is 11.6. The van der Waals surface area contributed by atoms with Gasteiger partial charge in [-0.15, -0.1) is 0 Å². The molecule has 1 aliphatic carbocycles. The summed E-state index contributed by atoms with van der Waals surface area (Å²) < 4.78 is 5.20. The number of rotatable bonds is 6. The van der Waals surface area contributed by atoms with Gasteiger partial charge in [0.05, 0.1) is 6.10 Å². The van der Waals surface area contributed by atoms with Crippen molar-refractivity contribution < 1.29 is 24.2 Å². The molecule has 3 amide bonds. The smallest absolute Gasteiger partial charge is 0.321 e. The summed E-state index contributed by atoms with van der Waals surface area (Å²) in [5, 5.41) is 13.5. The Hall–Kier alpha value is -1.63. The molecule has 1 saturated carbocycles. The number of nitrogens with one attached hydrogen (secondary N) is 2. The summed E-state index contributed by atoms with van der Waals surface area (Å²) in [6, 6.07) is -0.511. The Morgan fingerprint density at radius 2 is 2.00 bits per heavy atom. The summed E-state index contributed by atoms with van der Waals surface area (Å²) >= 11 is 0. The fraction of sp³-hybridized carbons (Fsp3) is 0.769. The van der Waals surface area contributed by atoms with Gasteiger partial charge >= 0.3 is 12.0 Å². The summed E-state index contributed by atoms with van der Waals surface area (Å²) in [6.07, 6.45) is 2.55. The topological polar surface area (TPSA) is 105 Å². The van der Waals surface area contributed by atoms with Crippen LogP contribution in [0.3, 0.4) is 0 Å². The molecule has 0 spiro atoms. The fourth-order valence-electron chi connectivity index (χ4n) is 2.37. The highest BCUT2D eigenvalue weighted by molar-refractivity contribution is 5.94. The average molecular weight is 286 g/mol. The lowest BCUT2D eigenvalue weighted by molar-refractivity contribution is -0.138. The van der Waals surface area contributed by atoms with Crippen molar-refractivity contribution in [3.8, 4) is 0 Å². The monoisotopic (exact) mass is 286 g/mol. The van der Waals surface area contributed by atoms with Gasteiger partial charge in [0.1, 0.15) is 0 Å². The lowest BCUT2D eigenvalue weighted by Gasteiger charge is -2.14. The Kier molecular flexibility index (Phi) is 6.44. The minimum atomic E-state index is -0.952. The van der Waals surface area contributed by atoms with Gasteiger partial charge < -0.3 is 15.2 Å². The quantitative estimate of drug-likeness (QED) is 0.672. The minimum Gasteiger partial charge on any atom is -0.481 e. The largest absolute Gasteiger partial charge is 0.481 e. The van der Waals surface area contributed by atoms with Crippen molar-refractivity contribution in [1.82, 2.24) is 10.6 Å². The van der Waals surface area contributed by atoms with Gasteiger partial charge in [0, 0.05) is 26.0 Å². The molecule has 0 bridgehead atoms. The van der Waals surface area contributed by atoms with Crippen LogP contribution < -0.4 is 10.6 Å². The van der Waals surface area contributed by atoms with Crippen LogP contribution >= 0.6 is 0 Å². The molecule has 0 saturated heterocycles. The third-order valence-corrected chi connectivity index (χ3v) is 3.36. The molecule has 0 aromatic rings. The number of urea groups is 1. The van der Waals surface area contributed by atoms with Gasteiger partial charge in [-0.2, -0.15) is 0 Å². The van der Waals surface area contributed by atoms with Crippen LogP contribution in [0.2, 0.25) is 0 Å². The number of carbonyl (C=O) groups is 3. The van der Waals surface area contributed by atoms with Crippen molar-refractivity contribution in [3.63, 3.8) is 0 Å². The third kappa shape index (κ3) is 6.01. The number of aliphatic carboxylic acids is 1. The van der Waals surface area contributed by atoms with Crippen LogP contribution in [0, 0.1) is 5.92 Å². The van der Waals surface area contributed by atoms with E-state index in [4.69, 9.17) is 9.84 Å². The minimum absolute atomic E-state index is 0.0178. The van der Waals surface area contributed by atoms with E-state index >= 15 is 0 Å². The molecular weight excluding hydrogens is 264 g/mol. The lowest BCUT2D eigenvalue weighted by Crippen LogP contribution is -2.44. The van der Waals surface area contributed by atoms with Crippen molar-refractivity contribution >= 4 is 17.9 Å². The predicted octanol–water partition coefficient (Wildman–Crippen LogP) is 0.881. The average Bonchev–Trinajstić information content (AvgIpc) is 2.74. The molecule has 3 atom stereocenters. The molecule has 0 aliphatic heterocycles. The predicted molar refractivity (Wildman–Crippen MR) is 71.1 cm³/mol. The first-order valence-electron chi connectivity index (χ1n) is 6.75. The van der Waals surface area contributed by atoms with Crippen LogP contribution in [0.5, 0.6) is 0 Å². The highest BCUT2D eigenvalue weighted by Crippen LogP contribution is 2.21. The Morgan fingerprint density at radius 1 is 1.30 bits per heavy atom. The van der Waals surface area contributed by atoms with Crippen molar-refractivity contribution in [2.45, 2.75) is 51.2 Å². The molecule has 114 valence electrons. The van der Waals surface area contributed by atoms with E-state index in [0.29, 0.717) is 0 Å². The first-order chi connectivity index (χ1) is 9.40. The van der Waals surface area contributed by atoms with Crippen LogP contribution in [0.15, 0.2) is 0 Å². The van der Waals surface area contributed by atoms with Crippen LogP contribution in [0.1, 0.15) is 39.0 Å². The Balaban J connectivity index is 2.25. The standard InChI is InChI=1S/C13H22N2O5/c1-8(6-12(17)18)5-11(16)15-13(19)14-9-3-4-10(7-9)20-2/h8-10H,3-7H2,1-2H3,(H,17,18)(H2,14,15,16,19). The second kappa shape index (κ2) is 7.84. The van der Waals surface area contributed by atoms with Crippen LogP contribution in [0.4, 0.5) is 4.79 Å². The Labute approximate surface area is 118 Å². The molecule has 0 heterocycles. The molecule has 0 aromatic heterocycles. The first kappa shape index (κ1) is 16.4. The van der Waals surface area contributed by atoms with Gasteiger partial charge in [0.2, 0.25) is 5.91 Å². The zero-order valence-corrected chi connectivity index (χ0v) is 11.8. The maximum Gasteiger partial charge on any atom is 0.321 e. The van der Waals surface area contributed by atoms with E-state index < -0.39 is 17.9 Å². The molecular formula is C13H22N2O5. The second-order valence-corrected chi connectivity index (χ2v) is 5.30. The van der Waals surface area contributed by atoms with Gasteiger partial charge in [-0.3, -0.25) is 14.9 Å². The van der Waals surface area contributed by atoms with Crippen molar-refractivity contribution in [2.24, 2.45) is 5.92 Å². The number of hydrogen-bond acceptors (Lipinski definition) is 4. The SMILES string of the molecule is COC1CCC(NC(=O)NC(=O)CC(C)CC(=O)O)C1. The highest BCUT2D eigenvalue weighted by atomic mass is 16.5. The lowest BCUT2D eigenvalue weighted by atomic mass is 10.0. The summed E-state index contributed by atoms with van der Waals surface area (Å²) in [4.78, 5) is 33.6. The number of carboxylic acid groups (broad SMARTS) is 1. The number of carbonyl (C=O) groups excluding carboxylic acids is 2. The van der Waals surface area contributed by atoms with Crippen molar-refractivity contribution in [3.05, 3.63) is 0 Å². The van der Waals surface area contributed by atoms with Crippen molar-refractivity contribution in [2.75, 3.05) is 7.11 Å². The van der Waals surface area contributed by atoms with Crippen LogP contribution in [-0.2, 0) is 14.3 Å². The molecule has 3 unspecified atom stereocenters. The normalized spacial score (nSPS) is 23.1. The van der Waals surface area contributed by atoms with Gasteiger partial charge in [-0.25, -0.2) is 4.79 Å². The van der Waals surface area contributed by atoms with Gasteiger partial charge in [0.15, 0.2) is 0 Å². The summed E-state index contributed by atoms with van der Waals surface area (Å²) in [7, 11) is 1.64. The van der Waals surface area contributed by atoms with E-state index in [1.807, 2.05) is 0 Å². The van der Waals surface area contributed by atoms with E-state index in [-0.39, 0.29) is 30.9 Å². The molecule has 7 heteroatoms. The van der Waals surface area contributed by atoms with Gasteiger partial charge in [-0.1, -0.05) is 6.92 Å². The van der Waals surface area contributed by atoms with Crippen molar-refractivity contribution in [1.29, 1.82) is 0 Å². The Morgan fingerprint density at radius 3 is 2.55 bits per heavy atom.